The van der Waals surface area contributed by atoms with Crippen molar-refractivity contribution in [2.24, 2.45) is 0 Å². The van der Waals surface area contributed by atoms with Gasteiger partial charge < -0.3 is 4.52 Å². The molecule has 0 bridgehead atoms. The average molecular weight is 125 g/mol. The number of aromatic nitrogens is 2. The monoisotopic (exact) mass is 125 g/mol. The normalized spacial score (nSPS) is 10.0. The van der Waals surface area contributed by atoms with Gasteiger partial charge in [-0.3, -0.25) is 0 Å². The van der Waals surface area contributed by atoms with E-state index in [0.717, 1.165) is 17.9 Å². The van der Waals surface area contributed by atoms with Gasteiger partial charge in [0.15, 0.2) is 5.76 Å². The van der Waals surface area contributed by atoms with Gasteiger partial charge in [-0.25, -0.2) is 0 Å². The molecule has 0 unspecified atom stereocenters. The molecule has 1 aromatic heterocycles. The molecule has 3 nitrogen and oxygen atoms in total. The van der Waals surface area contributed by atoms with Gasteiger partial charge in [-0.1, -0.05) is 13.8 Å². The predicted octanol–water partition coefficient (Wildman–Crippen LogP) is 1.20. The van der Waals surface area contributed by atoms with Gasteiger partial charge in [0.2, 0.25) is 0 Å². The fourth-order valence-corrected chi connectivity index (χ4v) is 0.681. The van der Waals surface area contributed by atoms with E-state index in [9.17, 15) is 0 Å². The first kappa shape index (κ1) is 6.26. The Labute approximate surface area is 54.0 Å². The van der Waals surface area contributed by atoms with Gasteiger partial charge in [0.1, 0.15) is 5.69 Å². The number of hydrogen-bond donors (Lipinski definition) is 0. The van der Waals surface area contributed by atoms with E-state index >= 15 is 0 Å². The van der Waals surface area contributed by atoms with Crippen molar-refractivity contribution in [3.8, 4) is 0 Å². The summed E-state index contributed by atoms with van der Waals surface area (Å²) in [5.74, 6) is 0.859. The smallest absolute Gasteiger partial charge is 0.160 e. The second-order valence-electron chi connectivity index (χ2n) is 1.72. The van der Waals surface area contributed by atoms with Crippen molar-refractivity contribution in [2.45, 2.75) is 20.3 Å². The highest BCUT2D eigenvalue weighted by atomic mass is 16.5. The second-order valence-corrected chi connectivity index (χ2v) is 1.72. The Kier molecular flexibility index (Phi) is 1.82. The summed E-state index contributed by atoms with van der Waals surface area (Å²) >= 11 is 0. The molecule has 0 saturated heterocycles. The van der Waals surface area contributed by atoms with E-state index in [1.807, 2.05) is 20.3 Å². The predicted molar refractivity (Wildman–Crippen MR) is 32.8 cm³/mol. The number of hydrogen-bond acceptors (Lipinski definition) is 3. The van der Waals surface area contributed by atoms with E-state index in [4.69, 9.17) is 4.52 Å². The van der Waals surface area contributed by atoms with E-state index in [1.165, 1.54) is 0 Å². The van der Waals surface area contributed by atoms with Gasteiger partial charge in [0.05, 0.1) is 0 Å². The Morgan fingerprint density at radius 2 is 2.44 bits per heavy atom. The molecule has 0 aliphatic heterocycles. The lowest BCUT2D eigenvalue weighted by atomic mass is 10.2. The van der Waals surface area contributed by atoms with Gasteiger partial charge in [-0.2, -0.15) is 0 Å². The molecule has 0 amide bonds. The molecule has 0 aromatic carbocycles. The van der Waals surface area contributed by atoms with Gasteiger partial charge in [0.25, 0.3) is 0 Å². The maximum absolute atomic E-state index is 4.81. The molecule has 3 heteroatoms. The van der Waals surface area contributed by atoms with E-state index < -0.39 is 0 Å². The van der Waals surface area contributed by atoms with Crippen LogP contribution in [0.1, 0.15) is 25.3 Å². The Bertz CT molecular complexity index is 164. The molecule has 0 N–H and O–H groups in total. The van der Waals surface area contributed by atoms with Crippen molar-refractivity contribution in [2.75, 3.05) is 0 Å². The number of nitrogens with zero attached hydrogens (tertiary/aromatic N) is 2. The highest BCUT2D eigenvalue weighted by Gasteiger charge is 2.03. The molecule has 1 heterocycles. The molecule has 0 spiro atoms. The zero-order chi connectivity index (χ0) is 6.69. The summed E-state index contributed by atoms with van der Waals surface area (Å²) in [4.78, 5) is 0. The van der Waals surface area contributed by atoms with Gasteiger partial charge in [-0.15, -0.1) is 5.10 Å². The Balaban J connectivity index is 2.85. The molecule has 0 fully saturated rings. The third-order valence-electron chi connectivity index (χ3n) is 1.18. The summed E-state index contributed by atoms with van der Waals surface area (Å²) in [5, 5.41) is 7.14. The average Bonchev–Trinajstić information content (AvgIpc) is 2.33. The van der Waals surface area contributed by atoms with Crippen LogP contribution >= 0.6 is 0 Å². The topological polar surface area (TPSA) is 38.9 Å². The maximum atomic E-state index is 4.81. The third-order valence-corrected chi connectivity index (χ3v) is 1.18. The highest BCUT2D eigenvalue weighted by molar-refractivity contribution is 5.12. The van der Waals surface area contributed by atoms with Crippen LogP contribution in [-0.4, -0.2) is 10.4 Å². The van der Waals surface area contributed by atoms with Crippen molar-refractivity contribution in [1.82, 2.24) is 10.4 Å². The first-order valence-corrected chi connectivity index (χ1v) is 2.99. The van der Waals surface area contributed by atoms with Crippen molar-refractivity contribution >= 4 is 0 Å². The van der Waals surface area contributed by atoms with Crippen molar-refractivity contribution in [1.29, 1.82) is 0 Å². The Morgan fingerprint density at radius 1 is 1.67 bits per heavy atom. The Hall–Kier alpha value is -0.860. The summed E-state index contributed by atoms with van der Waals surface area (Å²) in [7, 11) is 0. The standard InChI is InChI=1S/C6H9N2O/c1-3-5-6(4-2)9-8-7-5/h3H,4H2,1-2H3. The van der Waals surface area contributed by atoms with Crippen LogP contribution in [0.2, 0.25) is 0 Å². The molecule has 1 radical (unpaired) electrons. The van der Waals surface area contributed by atoms with Gasteiger partial charge in [-0.05, 0) is 0 Å². The van der Waals surface area contributed by atoms with Crippen LogP contribution in [0, 0.1) is 6.42 Å². The first-order chi connectivity index (χ1) is 4.38. The van der Waals surface area contributed by atoms with Gasteiger partial charge >= 0.3 is 0 Å². The first-order valence-electron chi connectivity index (χ1n) is 2.99. The van der Waals surface area contributed by atoms with E-state index in [-0.39, 0.29) is 0 Å². The van der Waals surface area contributed by atoms with Crippen LogP contribution < -0.4 is 0 Å². The molecule has 1 aromatic rings. The molecule has 0 saturated carbocycles. The van der Waals surface area contributed by atoms with E-state index in [2.05, 4.69) is 10.4 Å². The van der Waals surface area contributed by atoms with Gasteiger partial charge in [0, 0.05) is 18.1 Å². The number of aryl methyl sites for hydroxylation is 1. The highest BCUT2D eigenvalue weighted by Crippen LogP contribution is 2.05. The molecule has 49 valence electrons. The summed E-state index contributed by atoms with van der Waals surface area (Å²) < 4.78 is 4.81. The van der Waals surface area contributed by atoms with Crippen molar-refractivity contribution in [3.63, 3.8) is 0 Å². The molecular weight excluding hydrogens is 116 g/mol. The largest absolute Gasteiger partial charge is 0.342 e. The van der Waals surface area contributed by atoms with E-state index in [1.54, 1.807) is 0 Å². The molecule has 1 rings (SSSR count). The zero-order valence-electron chi connectivity index (χ0n) is 5.59. The summed E-state index contributed by atoms with van der Waals surface area (Å²) in [6.07, 6.45) is 2.74. The molecular formula is C6H9N2O. The summed E-state index contributed by atoms with van der Waals surface area (Å²) in [6.45, 7) is 3.92. The van der Waals surface area contributed by atoms with Crippen LogP contribution in [-0.2, 0) is 6.42 Å². The molecule has 0 aliphatic carbocycles. The number of rotatable bonds is 2. The second kappa shape index (κ2) is 2.62. The maximum Gasteiger partial charge on any atom is 0.160 e. The lowest BCUT2D eigenvalue weighted by Gasteiger charge is -1.86. The third kappa shape index (κ3) is 1.09. The minimum atomic E-state index is 0.854. The summed E-state index contributed by atoms with van der Waals surface area (Å²) in [5.41, 5.74) is 0.859. The minimum Gasteiger partial charge on any atom is -0.342 e. The zero-order valence-corrected chi connectivity index (χ0v) is 5.59. The molecule has 0 aliphatic rings. The van der Waals surface area contributed by atoms with Crippen LogP contribution in [0.25, 0.3) is 0 Å². The SMILES string of the molecule is C[CH]c1nnoc1CC. The van der Waals surface area contributed by atoms with Crippen molar-refractivity contribution in [3.05, 3.63) is 17.9 Å². The van der Waals surface area contributed by atoms with Crippen LogP contribution in [0.15, 0.2) is 4.52 Å². The molecule has 0 atom stereocenters. The quantitative estimate of drug-likeness (QED) is 0.596. The lowest BCUT2D eigenvalue weighted by Crippen LogP contribution is -1.83. The lowest BCUT2D eigenvalue weighted by molar-refractivity contribution is 0.365. The van der Waals surface area contributed by atoms with Crippen molar-refractivity contribution < 1.29 is 4.52 Å². The fourth-order valence-electron chi connectivity index (χ4n) is 0.681. The minimum absolute atomic E-state index is 0.854. The fraction of sp³-hybridized carbons (Fsp3) is 0.500. The molecule has 9 heavy (non-hydrogen) atoms. The Morgan fingerprint density at radius 3 is 2.89 bits per heavy atom. The summed E-state index contributed by atoms with van der Waals surface area (Å²) in [6, 6.07) is 0. The van der Waals surface area contributed by atoms with Crippen LogP contribution in [0.4, 0.5) is 0 Å². The van der Waals surface area contributed by atoms with Crippen LogP contribution in [0.3, 0.4) is 0 Å². The van der Waals surface area contributed by atoms with E-state index in [0.29, 0.717) is 0 Å². The van der Waals surface area contributed by atoms with Crippen LogP contribution in [0.5, 0.6) is 0 Å².